The SMILES string of the molecule is C[C@@H]1C[C@H](C)CN(C(=O)CCC2CCCCC2)C1. The van der Waals surface area contributed by atoms with Gasteiger partial charge in [-0.3, -0.25) is 4.79 Å². The van der Waals surface area contributed by atoms with Crippen molar-refractivity contribution in [2.75, 3.05) is 13.1 Å². The van der Waals surface area contributed by atoms with E-state index in [2.05, 4.69) is 18.7 Å². The van der Waals surface area contributed by atoms with Crippen LogP contribution in [0, 0.1) is 17.8 Å². The molecule has 0 spiro atoms. The molecule has 2 fully saturated rings. The van der Waals surface area contributed by atoms with E-state index in [1.807, 2.05) is 0 Å². The fourth-order valence-corrected chi connectivity index (χ4v) is 3.83. The lowest BCUT2D eigenvalue weighted by Gasteiger charge is -2.35. The van der Waals surface area contributed by atoms with Crippen molar-refractivity contribution < 1.29 is 4.79 Å². The lowest BCUT2D eigenvalue weighted by Crippen LogP contribution is -2.42. The molecule has 18 heavy (non-hydrogen) atoms. The molecule has 0 unspecified atom stereocenters. The zero-order valence-corrected chi connectivity index (χ0v) is 12.2. The van der Waals surface area contributed by atoms with Gasteiger partial charge in [0.25, 0.3) is 0 Å². The molecule has 1 aliphatic heterocycles. The lowest BCUT2D eigenvalue weighted by molar-refractivity contribution is -0.134. The van der Waals surface area contributed by atoms with E-state index in [0.717, 1.165) is 31.8 Å². The summed E-state index contributed by atoms with van der Waals surface area (Å²) in [6.45, 7) is 6.54. The van der Waals surface area contributed by atoms with Gasteiger partial charge in [0.15, 0.2) is 0 Å². The molecule has 104 valence electrons. The van der Waals surface area contributed by atoms with Gasteiger partial charge in [-0.15, -0.1) is 0 Å². The van der Waals surface area contributed by atoms with E-state index in [4.69, 9.17) is 0 Å². The van der Waals surface area contributed by atoms with Crippen molar-refractivity contribution in [2.45, 2.75) is 65.2 Å². The van der Waals surface area contributed by atoms with Crippen molar-refractivity contribution in [1.29, 1.82) is 0 Å². The standard InChI is InChI=1S/C16H29NO/c1-13-10-14(2)12-17(11-13)16(18)9-8-15-6-4-3-5-7-15/h13-15H,3-12H2,1-2H3/t13-,14+. The Labute approximate surface area is 112 Å². The number of likely N-dealkylation sites (tertiary alicyclic amines) is 1. The van der Waals surface area contributed by atoms with Crippen molar-refractivity contribution in [3.8, 4) is 0 Å². The van der Waals surface area contributed by atoms with Crippen LogP contribution in [0.2, 0.25) is 0 Å². The van der Waals surface area contributed by atoms with E-state index >= 15 is 0 Å². The zero-order valence-electron chi connectivity index (χ0n) is 12.2. The van der Waals surface area contributed by atoms with E-state index in [-0.39, 0.29) is 0 Å². The normalized spacial score (nSPS) is 30.4. The molecule has 1 aliphatic carbocycles. The van der Waals surface area contributed by atoms with E-state index in [1.165, 1.54) is 38.5 Å². The molecule has 0 radical (unpaired) electrons. The van der Waals surface area contributed by atoms with Crippen molar-refractivity contribution in [3.63, 3.8) is 0 Å². The van der Waals surface area contributed by atoms with Crippen LogP contribution in [0.1, 0.15) is 65.2 Å². The van der Waals surface area contributed by atoms with Gasteiger partial charge in [0, 0.05) is 19.5 Å². The van der Waals surface area contributed by atoms with Gasteiger partial charge in [0.2, 0.25) is 5.91 Å². The number of amides is 1. The van der Waals surface area contributed by atoms with Crippen molar-refractivity contribution >= 4 is 5.91 Å². The molecule has 0 N–H and O–H groups in total. The number of hydrogen-bond donors (Lipinski definition) is 0. The van der Waals surface area contributed by atoms with Gasteiger partial charge < -0.3 is 4.90 Å². The van der Waals surface area contributed by atoms with E-state index < -0.39 is 0 Å². The molecule has 2 rings (SSSR count). The predicted octanol–water partition coefficient (Wildman–Crippen LogP) is 3.85. The highest BCUT2D eigenvalue weighted by Crippen LogP contribution is 2.28. The maximum Gasteiger partial charge on any atom is 0.222 e. The van der Waals surface area contributed by atoms with Crippen LogP contribution in [-0.4, -0.2) is 23.9 Å². The molecule has 0 aromatic rings. The first-order valence-corrected chi connectivity index (χ1v) is 7.93. The number of hydrogen-bond acceptors (Lipinski definition) is 1. The average Bonchev–Trinajstić information content (AvgIpc) is 2.36. The Morgan fingerprint density at radius 2 is 1.67 bits per heavy atom. The Hall–Kier alpha value is -0.530. The van der Waals surface area contributed by atoms with Gasteiger partial charge in [0.05, 0.1) is 0 Å². The second-order valence-corrected chi connectivity index (χ2v) is 6.79. The highest BCUT2D eigenvalue weighted by atomic mass is 16.2. The number of carbonyl (C=O) groups is 1. The first-order chi connectivity index (χ1) is 8.65. The first-order valence-electron chi connectivity index (χ1n) is 7.93. The highest BCUT2D eigenvalue weighted by molar-refractivity contribution is 5.76. The van der Waals surface area contributed by atoms with Crippen LogP contribution < -0.4 is 0 Å². The largest absolute Gasteiger partial charge is 0.342 e. The number of piperidine rings is 1. The molecule has 1 amide bonds. The molecule has 0 aromatic carbocycles. The third-order valence-corrected chi connectivity index (χ3v) is 4.71. The van der Waals surface area contributed by atoms with E-state index in [1.54, 1.807) is 0 Å². The molecule has 2 heteroatoms. The Morgan fingerprint density at radius 3 is 2.28 bits per heavy atom. The highest BCUT2D eigenvalue weighted by Gasteiger charge is 2.25. The molecule has 1 saturated carbocycles. The van der Waals surface area contributed by atoms with Crippen LogP contribution in [0.3, 0.4) is 0 Å². The molecule has 2 nitrogen and oxygen atoms in total. The minimum atomic E-state index is 0.416. The Kier molecular flexibility index (Phi) is 5.08. The maximum atomic E-state index is 12.3. The molecular formula is C16H29NO. The topological polar surface area (TPSA) is 20.3 Å². The molecular weight excluding hydrogens is 222 g/mol. The summed E-state index contributed by atoms with van der Waals surface area (Å²) < 4.78 is 0. The van der Waals surface area contributed by atoms with Gasteiger partial charge in [0.1, 0.15) is 0 Å². The van der Waals surface area contributed by atoms with Gasteiger partial charge in [-0.05, 0) is 30.6 Å². The monoisotopic (exact) mass is 251 g/mol. The molecule has 0 aromatic heterocycles. The Balaban J connectivity index is 1.73. The third-order valence-electron chi connectivity index (χ3n) is 4.71. The Morgan fingerprint density at radius 1 is 1.06 bits per heavy atom. The molecule has 2 aliphatic rings. The zero-order chi connectivity index (χ0) is 13.0. The molecule has 1 saturated heterocycles. The third kappa shape index (κ3) is 4.00. The van der Waals surface area contributed by atoms with Crippen molar-refractivity contribution in [1.82, 2.24) is 4.90 Å². The van der Waals surface area contributed by atoms with Crippen LogP contribution in [0.4, 0.5) is 0 Å². The van der Waals surface area contributed by atoms with Crippen LogP contribution in [0.15, 0.2) is 0 Å². The summed E-state index contributed by atoms with van der Waals surface area (Å²) in [5.74, 6) is 2.63. The summed E-state index contributed by atoms with van der Waals surface area (Å²) in [6, 6.07) is 0. The van der Waals surface area contributed by atoms with Crippen LogP contribution in [0.25, 0.3) is 0 Å². The summed E-state index contributed by atoms with van der Waals surface area (Å²) in [6.07, 6.45) is 10.1. The van der Waals surface area contributed by atoms with Gasteiger partial charge in [-0.2, -0.15) is 0 Å². The lowest BCUT2D eigenvalue weighted by atomic mass is 9.85. The number of rotatable bonds is 3. The fraction of sp³-hybridized carbons (Fsp3) is 0.938. The van der Waals surface area contributed by atoms with Gasteiger partial charge in [-0.25, -0.2) is 0 Å². The number of nitrogens with zero attached hydrogens (tertiary/aromatic N) is 1. The van der Waals surface area contributed by atoms with Gasteiger partial charge >= 0.3 is 0 Å². The summed E-state index contributed by atoms with van der Waals surface area (Å²) in [5.41, 5.74) is 0. The van der Waals surface area contributed by atoms with Crippen LogP contribution >= 0.6 is 0 Å². The minimum absolute atomic E-state index is 0.416. The maximum absolute atomic E-state index is 12.3. The smallest absolute Gasteiger partial charge is 0.222 e. The van der Waals surface area contributed by atoms with Crippen molar-refractivity contribution in [3.05, 3.63) is 0 Å². The molecule has 0 bridgehead atoms. The quantitative estimate of drug-likeness (QED) is 0.746. The van der Waals surface area contributed by atoms with Crippen LogP contribution in [-0.2, 0) is 4.79 Å². The second-order valence-electron chi connectivity index (χ2n) is 6.79. The molecule has 2 atom stereocenters. The average molecular weight is 251 g/mol. The minimum Gasteiger partial charge on any atom is -0.342 e. The van der Waals surface area contributed by atoms with Gasteiger partial charge in [-0.1, -0.05) is 46.0 Å². The summed E-state index contributed by atoms with van der Waals surface area (Å²) >= 11 is 0. The summed E-state index contributed by atoms with van der Waals surface area (Å²) in [7, 11) is 0. The van der Waals surface area contributed by atoms with E-state index in [0.29, 0.717) is 17.7 Å². The van der Waals surface area contributed by atoms with Crippen LogP contribution in [0.5, 0.6) is 0 Å². The van der Waals surface area contributed by atoms with Crippen molar-refractivity contribution in [2.24, 2.45) is 17.8 Å². The van der Waals surface area contributed by atoms with E-state index in [9.17, 15) is 4.79 Å². The Bertz CT molecular complexity index is 260. The molecule has 1 heterocycles. The fourth-order valence-electron chi connectivity index (χ4n) is 3.83. The summed E-state index contributed by atoms with van der Waals surface area (Å²) in [4.78, 5) is 14.4. The summed E-state index contributed by atoms with van der Waals surface area (Å²) in [5, 5.41) is 0. The predicted molar refractivity (Wildman–Crippen MR) is 75.3 cm³/mol. The first kappa shape index (κ1) is 13.9. The second kappa shape index (κ2) is 6.58. The number of carbonyl (C=O) groups excluding carboxylic acids is 1.